The van der Waals surface area contributed by atoms with Crippen LogP contribution in [-0.2, 0) is 14.4 Å². The van der Waals surface area contributed by atoms with Crippen LogP contribution in [0.1, 0.15) is 19.8 Å². The molecule has 1 aliphatic heterocycles. The Kier molecular flexibility index (Phi) is 5.17. The first-order chi connectivity index (χ1) is 7.69. The zero-order valence-electron chi connectivity index (χ0n) is 9.36. The van der Waals surface area contributed by atoms with E-state index < -0.39 is 5.97 Å². The first-order valence-corrected chi connectivity index (χ1v) is 5.36. The number of hydrazine groups is 1. The summed E-state index contributed by atoms with van der Waals surface area (Å²) in [6, 6.07) is -0.146. The zero-order valence-corrected chi connectivity index (χ0v) is 9.36. The molecule has 0 bridgehead atoms. The summed E-state index contributed by atoms with van der Waals surface area (Å²) < 4.78 is 0. The van der Waals surface area contributed by atoms with E-state index in [0.717, 1.165) is 13.0 Å². The highest BCUT2D eigenvalue weighted by atomic mass is 16.7. The lowest BCUT2D eigenvalue weighted by molar-refractivity contribution is -0.152. The van der Waals surface area contributed by atoms with Gasteiger partial charge >= 0.3 is 5.97 Å². The molecule has 0 radical (unpaired) electrons. The third-order valence-corrected chi connectivity index (χ3v) is 2.60. The van der Waals surface area contributed by atoms with Gasteiger partial charge in [0.15, 0.2) is 0 Å². The van der Waals surface area contributed by atoms with Crippen molar-refractivity contribution >= 4 is 11.9 Å². The molecule has 0 aromatic carbocycles. The molecule has 16 heavy (non-hydrogen) atoms. The van der Waals surface area contributed by atoms with E-state index >= 15 is 0 Å². The minimum Gasteiger partial charge on any atom is -0.356 e. The lowest BCUT2D eigenvalue weighted by Crippen LogP contribution is -2.55. The van der Waals surface area contributed by atoms with E-state index in [1.807, 2.05) is 17.4 Å². The van der Waals surface area contributed by atoms with Crippen LogP contribution in [0.4, 0.5) is 0 Å². The van der Waals surface area contributed by atoms with Gasteiger partial charge in [-0.1, -0.05) is 12.5 Å². The molecule has 1 unspecified atom stereocenters. The van der Waals surface area contributed by atoms with Gasteiger partial charge in [0.05, 0.1) is 12.5 Å². The molecular weight excluding hydrogens is 212 g/mol. The van der Waals surface area contributed by atoms with Crippen molar-refractivity contribution < 1.29 is 14.4 Å². The van der Waals surface area contributed by atoms with E-state index in [0.29, 0.717) is 13.1 Å². The third-order valence-electron chi connectivity index (χ3n) is 2.60. The Morgan fingerprint density at radius 2 is 2.50 bits per heavy atom. The Hall–Kier alpha value is -1.18. The highest BCUT2D eigenvalue weighted by Gasteiger charge is 2.27. The Morgan fingerprint density at radius 3 is 3.12 bits per heavy atom. The quantitative estimate of drug-likeness (QED) is 0.393. The maximum Gasteiger partial charge on any atom is 0.327 e. The molecule has 0 aliphatic carbocycles. The fourth-order valence-corrected chi connectivity index (χ4v) is 1.83. The summed E-state index contributed by atoms with van der Waals surface area (Å²) in [6.45, 7) is 3.84. The summed E-state index contributed by atoms with van der Waals surface area (Å²) in [6.07, 6.45) is 0.948. The van der Waals surface area contributed by atoms with Gasteiger partial charge in [-0.25, -0.2) is 5.84 Å². The number of nitrogens with zero attached hydrogens (tertiary/aromatic N) is 1. The summed E-state index contributed by atoms with van der Waals surface area (Å²) >= 11 is 0. The number of piperazine rings is 1. The molecule has 0 spiro atoms. The topological polar surface area (TPSA) is 96.7 Å². The number of carbonyl (C=O) groups excluding carboxylic acids is 2. The Balaban J connectivity index is 2.39. The lowest BCUT2D eigenvalue weighted by atomic mass is 10.1. The molecule has 1 heterocycles. The van der Waals surface area contributed by atoms with Crippen molar-refractivity contribution in [3.05, 3.63) is 0 Å². The van der Waals surface area contributed by atoms with Crippen molar-refractivity contribution in [1.29, 1.82) is 0 Å². The van der Waals surface area contributed by atoms with Crippen LogP contribution in [0, 0.1) is 0 Å². The first-order valence-electron chi connectivity index (χ1n) is 5.36. The fourth-order valence-electron chi connectivity index (χ4n) is 1.83. The molecule has 7 nitrogen and oxygen atoms in total. The molecule has 7 heteroatoms. The Bertz CT molecular complexity index is 259. The molecule has 1 fully saturated rings. The van der Waals surface area contributed by atoms with Crippen LogP contribution in [-0.4, -0.2) is 42.5 Å². The molecule has 1 aliphatic rings. The lowest BCUT2D eigenvalue weighted by Gasteiger charge is -2.34. The molecule has 1 amide bonds. The highest BCUT2D eigenvalue weighted by molar-refractivity contribution is 5.82. The summed E-state index contributed by atoms with van der Waals surface area (Å²) in [5, 5.41) is 2.80. The number of hydrogen-bond acceptors (Lipinski definition) is 6. The number of rotatable bonds is 5. The van der Waals surface area contributed by atoms with Gasteiger partial charge in [-0.15, -0.1) is 0 Å². The first kappa shape index (κ1) is 12.9. The maximum atomic E-state index is 11.5. The molecule has 0 aromatic rings. The highest BCUT2D eigenvalue weighted by Crippen LogP contribution is 2.08. The second kappa shape index (κ2) is 6.41. The molecule has 0 saturated carbocycles. The molecule has 92 valence electrons. The van der Waals surface area contributed by atoms with Crippen LogP contribution < -0.4 is 16.7 Å². The van der Waals surface area contributed by atoms with Gasteiger partial charge in [-0.3, -0.25) is 14.5 Å². The van der Waals surface area contributed by atoms with Crippen molar-refractivity contribution in [2.24, 2.45) is 5.84 Å². The van der Waals surface area contributed by atoms with Gasteiger partial charge in [0, 0.05) is 19.6 Å². The predicted molar refractivity (Wildman–Crippen MR) is 56.7 cm³/mol. The zero-order chi connectivity index (χ0) is 12.0. The van der Waals surface area contributed by atoms with E-state index in [9.17, 15) is 9.59 Å². The minimum atomic E-state index is -0.427. The number of amides is 1. The van der Waals surface area contributed by atoms with Gasteiger partial charge in [0.1, 0.15) is 0 Å². The second-order valence-electron chi connectivity index (χ2n) is 3.59. The van der Waals surface area contributed by atoms with E-state index in [-0.39, 0.29) is 18.4 Å². The van der Waals surface area contributed by atoms with Crippen molar-refractivity contribution in [3.63, 3.8) is 0 Å². The van der Waals surface area contributed by atoms with E-state index in [2.05, 4.69) is 10.2 Å². The average molecular weight is 230 g/mol. The molecule has 0 aromatic heterocycles. The Morgan fingerprint density at radius 1 is 1.75 bits per heavy atom. The number of carbonyl (C=O) groups is 2. The predicted octanol–water partition coefficient (Wildman–Crippen LogP) is -1.49. The van der Waals surface area contributed by atoms with Crippen molar-refractivity contribution in [2.45, 2.75) is 25.8 Å². The summed E-state index contributed by atoms with van der Waals surface area (Å²) in [4.78, 5) is 28.9. The number of nitrogens with two attached hydrogens (primary N) is 1. The molecule has 4 N–H and O–H groups in total. The molecule has 1 rings (SSSR count). The van der Waals surface area contributed by atoms with Gasteiger partial charge in [-0.2, -0.15) is 0 Å². The Labute approximate surface area is 94.2 Å². The van der Waals surface area contributed by atoms with Crippen molar-refractivity contribution in [1.82, 2.24) is 15.8 Å². The van der Waals surface area contributed by atoms with E-state index in [1.165, 1.54) is 0 Å². The van der Waals surface area contributed by atoms with E-state index in [4.69, 9.17) is 5.84 Å². The summed E-state index contributed by atoms with van der Waals surface area (Å²) in [7, 11) is 0. The van der Waals surface area contributed by atoms with Crippen LogP contribution in [0.15, 0.2) is 0 Å². The summed E-state index contributed by atoms with van der Waals surface area (Å²) in [5.74, 6) is 4.44. The van der Waals surface area contributed by atoms with Crippen LogP contribution in [0.25, 0.3) is 0 Å². The third kappa shape index (κ3) is 3.44. The van der Waals surface area contributed by atoms with Crippen molar-refractivity contribution in [2.75, 3.05) is 19.6 Å². The maximum absolute atomic E-state index is 11.5. The van der Waals surface area contributed by atoms with Gasteiger partial charge in [0.25, 0.3) is 0 Å². The minimum absolute atomic E-state index is 0.0269. The normalized spacial score (nSPS) is 21.6. The second-order valence-corrected chi connectivity index (χ2v) is 3.59. The number of nitrogens with one attached hydrogen (secondary N) is 2. The number of hydrogen-bond donors (Lipinski definition) is 3. The standard InChI is InChI=1S/C9H18N4O3/c1-2-7-9(15)11-4-6-13(7)5-3-8(14)16-12-10/h7,12H,2-6,10H2,1H3,(H,11,15). The monoisotopic (exact) mass is 230 g/mol. The van der Waals surface area contributed by atoms with Gasteiger partial charge in [0.2, 0.25) is 5.91 Å². The molecular formula is C9H18N4O3. The average Bonchev–Trinajstić information content (AvgIpc) is 2.27. The van der Waals surface area contributed by atoms with Crippen molar-refractivity contribution in [3.8, 4) is 0 Å². The van der Waals surface area contributed by atoms with Gasteiger partial charge < -0.3 is 10.2 Å². The van der Waals surface area contributed by atoms with Crippen LogP contribution in [0.5, 0.6) is 0 Å². The largest absolute Gasteiger partial charge is 0.356 e. The van der Waals surface area contributed by atoms with E-state index in [1.54, 1.807) is 0 Å². The smallest absolute Gasteiger partial charge is 0.327 e. The van der Waals surface area contributed by atoms with Crippen LogP contribution in [0.2, 0.25) is 0 Å². The van der Waals surface area contributed by atoms with Gasteiger partial charge in [-0.05, 0) is 6.42 Å². The SMILES string of the molecule is CCC1C(=O)NCCN1CCC(=O)ONN. The molecule has 1 atom stereocenters. The molecule has 1 saturated heterocycles. The summed E-state index contributed by atoms with van der Waals surface area (Å²) in [5.41, 5.74) is 1.84. The van der Waals surface area contributed by atoms with Crippen LogP contribution >= 0.6 is 0 Å². The van der Waals surface area contributed by atoms with Crippen LogP contribution in [0.3, 0.4) is 0 Å². The fraction of sp³-hybridized carbons (Fsp3) is 0.778.